The number of nitrogens with one attached hydrogen (secondary N) is 1. The lowest BCUT2D eigenvalue weighted by Crippen LogP contribution is -2.59. The third kappa shape index (κ3) is 2.55. The normalized spacial score (nSPS) is 29.0. The van der Waals surface area contributed by atoms with E-state index in [2.05, 4.69) is 33.9 Å². The third-order valence-corrected chi connectivity index (χ3v) is 9.56. The Kier molecular flexibility index (Phi) is 4.45. The number of halogens is 2. The van der Waals surface area contributed by atoms with Crippen LogP contribution in [0.5, 0.6) is 0 Å². The molecule has 7 heteroatoms. The second-order valence-electron chi connectivity index (χ2n) is 8.17. The van der Waals surface area contributed by atoms with E-state index in [9.17, 15) is 8.42 Å². The molecule has 2 aliphatic heterocycles. The topological polar surface area (TPSA) is 49.4 Å². The average Bonchev–Trinajstić information content (AvgIpc) is 3.11. The quantitative estimate of drug-likeness (QED) is 0.547. The van der Waals surface area contributed by atoms with Gasteiger partial charge in [0.25, 0.3) is 0 Å². The van der Waals surface area contributed by atoms with E-state index in [0.29, 0.717) is 11.6 Å². The lowest BCUT2D eigenvalue weighted by Gasteiger charge is -2.45. The Balaban J connectivity index is 1.72. The highest BCUT2D eigenvalue weighted by atomic mass is 79.9. The summed E-state index contributed by atoms with van der Waals surface area (Å²) in [6.45, 7) is 4.94. The van der Waals surface area contributed by atoms with E-state index in [1.165, 1.54) is 0 Å². The maximum atomic E-state index is 13.8. The van der Waals surface area contributed by atoms with Gasteiger partial charge in [0.1, 0.15) is 5.66 Å². The minimum Gasteiger partial charge on any atom is -0.365 e. The number of sulfonamides is 1. The molecule has 2 heterocycles. The summed E-state index contributed by atoms with van der Waals surface area (Å²) in [6, 6.07) is 12.6. The average molecular weight is 494 g/mol. The first-order chi connectivity index (χ1) is 13.8. The number of nitrogens with zero attached hydrogens (tertiary/aromatic N) is 1. The third-order valence-electron chi connectivity index (χ3n) is 6.88. The van der Waals surface area contributed by atoms with Crippen molar-refractivity contribution in [2.75, 3.05) is 11.9 Å². The van der Waals surface area contributed by atoms with Gasteiger partial charge in [-0.3, -0.25) is 0 Å². The molecule has 1 aliphatic carbocycles. The first-order valence-corrected chi connectivity index (χ1v) is 12.5. The maximum absolute atomic E-state index is 13.8. The van der Waals surface area contributed by atoms with E-state index >= 15 is 0 Å². The van der Waals surface area contributed by atoms with Crippen molar-refractivity contribution in [3.63, 3.8) is 0 Å². The van der Waals surface area contributed by atoms with Crippen molar-refractivity contribution < 1.29 is 8.42 Å². The van der Waals surface area contributed by atoms with Gasteiger partial charge in [0, 0.05) is 21.7 Å². The highest BCUT2D eigenvalue weighted by molar-refractivity contribution is 9.10. The molecule has 1 saturated heterocycles. The Labute approximate surface area is 185 Å². The molecule has 1 N–H and O–H groups in total. The molecule has 2 aromatic rings. The lowest BCUT2D eigenvalue weighted by atomic mass is 9.67. The minimum absolute atomic E-state index is 0.279. The van der Waals surface area contributed by atoms with Crippen molar-refractivity contribution in [2.45, 2.75) is 48.1 Å². The lowest BCUT2D eigenvalue weighted by molar-refractivity contribution is 0.210. The standard InChI is InChI=1S/C22H22BrClN2O2S/c1-15-4-2-3-11-22-21(15,19-14-16(23)5-10-20(19)25-22)12-13-26(22)29(27,28)18-8-6-17(24)7-9-18/h5-10,14,25H,1-4,11-13H2. The highest BCUT2D eigenvalue weighted by Gasteiger charge is 2.68. The Morgan fingerprint density at radius 3 is 2.62 bits per heavy atom. The Morgan fingerprint density at radius 1 is 1.10 bits per heavy atom. The van der Waals surface area contributed by atoms with Crippen LogP contribution in [0.25, 0.3) is 0 Å². The van der Waals surface area contributed by atoms with Crippen molar-refractivity contribution in [1.82, 2.24) is 4.31 Å². The zero-order valence-electron chi connectivity index (χ0n) is 15.9. The van der Waals surface area contributed by atoms with Gasteiger partial charge in [0.05, 0.1) is 10.3 Å². The summed E-state index contributed by atoms with van der Waals surface area (Å²) in [4.78, 5) is 0.279. The number of hydrogen-bond donors (Lipinski definition) is 1. The van der Waals surface area contributed by atoms with E-state index < -0.39 is 21.1 Å². The molecular formula is C22H22BrClN2O2S. The van der Waals surface area contributed by atoms with Gasteiger partial charge >= 0.3 is 0 Å². The van der Waals surface area contributed by atoms with Crippen LogP contribution >= 0.6 is 27.5 Å². The van der Waals surface area contributed by atoms with Crippen molar-refractivity contribution in [1.29, 1.82) is 0 Å². The summed E-state index contributed by atoms with van der Waals surface area (Å²) in [7, 11) is -3.70. The molecule has 2 aromatic carbocycles. The molecule has 4 nitrogen and oxygen atoms in total. The zero-order valence-corrected chi connectivity index (χ0v) is 19.1. The predicted molar refractivity (Wildman–Crippen MR) is 120 cm³/mol. The first kappa shape index (κ1) is 19.6. The van der Waals surface area contributed by atoms with Crippen LogP contribution in [-0.2, 0) is 15.4 Å². The Bertz CT molecular complexity index is 1120. The summed E-state index contributed by atoms with van der Waals surface area (Å²) in [5.74, 6) is 0. The fourth-order valence-corrected chi connectivity index (χ4v) is 7.92. The van der Waals surface area contributed by atoms with Crippen molar-refractivity contribution in [2.24, 2.45) is 0 Å². The SMILES string of the molecule is C=C1CCCCC23Nc4ccc(Br)cc4C12CCN3S(=O)(=O)c1ccc(Cl)cc1. The van der Waals surface area contributed by atoms with Crippen molar-refractivity contribution >= 4 is 43.2 Å². The molecule has 1 saturated carbocycles. The van der Waals surface area contributed by atoms with Crippen LogP contribution < -0.4 is 5.32 Å². The summed E-state index contributed by atoms with van der Waals surface area (Å²) in [5.41, 5.74) is 2.16. The highest BCUT2D eigenvalue weighted by Crippen LogP contribution is 2.63. The molecule has 29 heavy (non-hydrogen) atoms. The van der Waals surface area contributed by atoms with Gasteiger partial charge in [0.2, 0.25) is 10.0 Å². The molecule has 0 radical (unpaired) electrons. The predicted octanol–water partition coefficient (Wildman–Crippen LogP) is 5.69. The van der Waals surface area contributed by atoms with Gasteiger partial charge in [-0.1, -0.05) is 39.7 Å². The maximum Gasteiger partial charge on any atom is 0.245 e. The molecule has 2 fully saturated rings. The Morgan fingerprint density at radius 2 is 1.86 bits per heavy atom. The first-order valence-electron chi connectivity index (χ1n) is 9.86. The Hall–Kier alpha value is -1.34. The van der Waals surface area contributed by atoms with Crippen LogP contribution in [0.4, 0.5) is 5.69 Å². The molecule has 0 spiro atoms. The van der Waals surface area contributed by atoms with Gasteiger partial charge in [-0.2, -0.15) is 4.31 Å². The smallest absolute Gasteiger partial charge is 0.245 e. The molecular weight excluding hydrogens is 472 g/mol. The molecule has 5 rings (SSSR count). The van der Waals surface area contributed by atoms with Crippen LogP contribution in [0, 0.1) is 0 Å². The summed E-state index contributed by atoms with van der Waals surface area (Å²) < 4.78 is 30.3. The number of anilines is 1. The number of fused-ring (bicyclic) bond motifs is 1. The van der Waals surface area contributed by atoms with Crippen molar-refractivity contribution in [3.05, 3.63) is 69.7 Å². The number of hydrogen-bond acceptors (Lipinski definition) is 3. The van der Waals surface area contributed by atoms with E-state index in [1.807, 2.05) is 12.1 Å². The summed E-state index contributed by atoms with van der Waals surface area (Å²) in [6.07, 6.45) is 4.39. The van der Waals surface area contributed by atoms with Crippen LogP contribution in [0.1, 0.15) is 37.7 Å². The molecule has 3 aliphatic rings. The van der Waals surface area contributed by atoms with Crippen LogP contribution in [0.15, 0.2) is 64.0 Å². The molecule has 152 valence electrons. The molecule has 2 atom stereocenters. The summed E-state index contributed by atoms with van der Waals surface area (Å²) >= 11 is 9.61. The summed E-state index contributed by atoms with van der Waals surface area (Å²) in [5, 5.41) is 4.20. The fourth-order valence-electron chi connectivity index (χ4n) is 5.66. The molecule has 0 aromatic heterocycles. The zero-order chi connectivity index (χ0) is 20.4. The largest absolute Gasteiger partial charge is 0.365 e. The monoisotopic (exact) mass is 492 g/mol. The van der Waals surface area contributed by atoms with E-state index in [-0.39, 0.29) is 4.90 Å². The van der Waals surface area contributed by atoms with E-state index in [4.69, 9.17) is 11.6 Å². The number of benzene rings is 2. The van der Waals surface area contributed by atoms with E-state index in [1.54, 1.807) is 28.6 Å². The molecule has 0 bridgehead atoms. The molecule has 0 amide bonds. The fraction of sp³-hybridized carbons (Fsp3) is 0.364. The van der Waals surface area contributed by atoms with Crippen LogP contribution in [0.3, 0.4) is 0 Å². The number of rotatable bonds is 2. The second kappa shape index (κ2) is 6.58. The van der Waals surface area contributed by atoms with Gasteiger partial charge in [-0.05, 0) is 80.1 Å². The van der Waals surface area contributed by atoms with Crippen molar-refractivity contribution in [3.8, 4) is 0 Å². The van der Waals surface area contributed by atoms with Gasteiger partial charge < -0.3 is 5.32 Å². The van der Waals surface area contributed by atoms with Gasteiger partial charge in [0.15, 0.2) is 0 Å². The van der Waals surface area contributed by atoms with Crippen LogP contribution in [-0.4, -0.2) is 24.9 Å². The van der Waals surface area contributed by atoms with E-state index in [0.717, 1.165) is 53.4 Å². The van der Waals surface area contributed by atoms with Gasteiger partial charge in [-0.15, -0.1) is 0 Å². The van der Waals surface area contributed by atoms with Crippen LogP contribution in [0.2, 0.25) is 5.02 Å². The molecule has 2 unspecified atom stereocenters. The minimum atomic E-state index is -3.70. The second-order valence-corrected chi connectivity index (χ2v) is 11.4. The van der Waals surface area contributed by atoms with Gasteiger partial charge in [-0.25, -0.2) is 8.42 Å².